The maximum absolute atomic E-state index is 13.0. The molecule has 0 aliphatic carbocycles. The van der Waals surface area contributed by atoms with E-state index in [1.54, 1.807) is 49.8 Å². The Morgan fingerprint density at radius 1 is 1.07 bits per heavy atom. The molecule has 1 aromatic heterocycles. The minimum Gasteiger partial charge on any atom is -0.611 e. The maximum atomic E-state index is 13.0. The van der Waals surface area contributed by atoms with Gasteiger partial charge >= 0.3 is 0 Å². The van der Waals surface area contributed by atoms with Crippen molar-refractivity contribution >= 4 is 28.8 Å². The molecule has 2 heterocycles. The van der Waals surface area contributed by atoms with Gasteiger partial charge in [0, 0.05) is 41.9 Å². The van der Waals surface area contributed by atoms with Gasteiger partial charge in [0.15, 0.2) is 4.90 Å². The van der Waals surface area contributed by atoms with Crippen molar-refractivity contribution in [2.45, 2.75) is 49.4 Å². The molecular weight excluding hydrogens is 572 g/mol. The number of hydrogen-bond acceptors (Lipinski definition) is 6. The quantitative estimate of drug-likeness (QED) is 0.134. The summed E-state index contributed by atoms with van der Waals surface area (Å²) in [6.07, 6.45) is 10.9. The van der Waals surface area contributed by atoms with Crippen LogP contribution >= 0.6 is 0 Å². The molecular formula is C36H38N2O5S. The smallest absolute Gasteiger partial charge is 0.248 e. The van der Waals surface area contributed by atoms with Crippen LogP contribution in [0.3, 0.4) is 0 Å². The molecule has 4 aromatic rings. The van der Waals surface area contributed by atoms with Crippen molar-refractivity contribution in [2.24, 2.45) is 0 Å². The number of amides is 1. The molecule has 7 nitrogen and oxygen atoms in total. The third-order valence-corrected chi connectivity index (χ3v) is 8.82. The zero-order valence-corrected chi connectivity index (χ0v) is 26.0. The first kappa shape index (κ1) is 31.3. The first-order valence-corrected chi connectivity index (χ1v) is 16.3. The first-order chi connectivity index (χ1) is 21.5. The summed E-state index contributed by atoms with van der Waals surface area (Å²) < 4.78 is 30.1. The van der Waals surface area contributed by atoms with E-state index in [4.69, 9.17) is 14.2 Å². The van der Waals surface area contributed by atoms with Crippen molar-refractivity contribution in [3.63, 3.8) is 0 Å². The fourth-order valence-corrected chi connectivity index (χ4v) is 6.28. The lowest BCUT2D eigenvalue weighted by Gasteiger charge is -2.23. The van der Waals surface area contributed by atoms with E-state index in [0.717, 1.165) is 60.3 Å². The summed E-state index contributed by atoms with van der Waals surface area (Å²) in [7, 11) is 1.61. The molecule has 0 bridgehead atoms. The van der Waals surface area contributed by atoms with Gasteiger partial charge in [0.25, 0.3) is 0 Å². The van der Waals surface area contributed by atoms with Gasteiger partial charge in [-0.05, 0) is 108 Å². The van der Waals surface area contributed by atoms with Crippen molar-refractivity contribution in [1.82, 2.24) is 4.98 Å². The molecule has 1 N–H and O–H groups in total. The topological polar surface area (TPSA) is 92.7 Å². The Bertz CT molecular complexity index is 1550. The normalized spacial score (nSPS) is 15.6. The number of carbonyl (C=O) groups is 1. The summed E-state index contributed by atoms with van der Waals surface area (Å²) in [6.45, 7) is 3.56. The predicted octanol–water partition coefficient (Wildman–Crippen LogP) is 7.23. The first-order valence-electron chi connectivity index (χ1n) is 14.9. The Labute approximate surface area is 262 Å². The summed E-state index contributed by atoms with van der Waals surface area (Å²) >= 11 is -1.22. The number of carbonyl (C=O) groups excluding carboxylic acids is 1. The number of benzene rings is 3. The molecule has 3 aromatic carbocycles. The summed E-state index contributed by atoms with van der Waals surface area (Å²) in [5, 5.41) is 2.88. The lowest BCUT2D eigenvalue weighted by Crippen LogP contribution is -2.27. The lowest BCUT2D eigenvalue weighted by molar-refractivity contribution is -0.111. The molecule has 8 heteroatoms. The van der Waals surface area contributed by atoms with Gasteiger partial charge in [0.05, 0.1) is 13.7 Å². The van der Waals surface area contributed by atoms with Gasteiger partial charge in [-0.1, -0.05) is 31.5 Å². The number of anilines is 1. The standard InChI is InChI=1S/C36H38N2O5S/c1-3-5-26-19-20-37-23-30(26)25-44(40)34-15-11-31(12-16-34)38-36(39)18-10-29-22-28(9-17-35(29)41-2)27-7-13-32(14-8-27)43-33-6-4-21-42-24-33/h7-20,22-23,33H,3-6,21,24-25H2,1-2H3,(H,38,39)/b18-10+/t33?,44-/m0/s1. The Morgan fingerprint density at radius 2 is 1.86 bits per heavy atom. The van der Waals surface area contributed by atoms with Gasteiger partial charge in [-0.3, -0.25) is 9.78 Å². The molecule has 0 saturated carbocycles. The molecule has 1 aliphatic heterocycles. The number of nitrogens with one attached hydrogen (secondary N) is 1. The summed E-state index contributed by atoms with van der Waals surface area (Å²) in [4.78, 5) is 17.7. The number of ether oxygens (including phenoxy) is 3. The van der Waals surface area contributed by atoms with E-state index in [0.29, 0.717) is 28.7 Å². The summed E-state index contributed by atoms with van der Waals surface area (Å²) in [6, 6.07) is 23.0. The monoisotopic (exact) mass is 610 g/mol. The highest BCUT2D eigenvalue weighted by Gasteiger charge is 2.16. The molecule has 5 rings (SSSR count). The highest BCUT2D eigenvalue weighted by Crippen LogP contribution is 2.30. The van der Waals surface area contributed by atoms with Crippen LogP contribution in [0.5, 0.6) is 11.5 Å². The molecule has 1 amide bonds. The van der Waals surface area contributed by atoms with E-state index in [1.165, 1.54) is 11.6 Å². The molecule has 0 radical (unpaired) electrons. The number of hydrogen-bond donors (Lipinski definition) is 1. The van der Waals surface area contributed by atoms with Gasteiger partial charge in [-0.25, -0.2) is 0 Å². The van der Waals surface area contributed by atoms with Crippen LogP contribution < -0.4 is 14.8 Å². The van der Waals surface area contributed by atoms with E-state index < -0.39 is 11.2 Å². The van der Waals surface area contributed by atoms with Crippen molar-refractivity contribution in [3.8, 4) is 22.6 Å². The number of aromatic nitrogens is 1. The van der Waals surface area contributed by atoms with Crippen molar-refractivity contribution in [1.29, 1.82) is 0 Å². The van der Waals surface area contributed by atoms with Crippen LogP contribution in [0, 0.1) is 0 Å². The van der Waals surface area contributed by atoms with Crippen LogP contribution in [0.25, 0.3) is 17.2 Å². The van der Waals surface area contributed by atoms with Crippen LogP contribution in [0.4, 0.5) is 5.69 Å². The maximum Gasteiger partial charge on any atom is 0.248 e. The Hall–Kier alpha value is -4.11. The minimum atomic E-state index is -1.22. The number of pyridine rings is 1. The third-order valence-electron chi connectivity index (χ3n) is 7.45. The van der Waals surface area contributed by atoms with Crippen LogP contribution in [-0.2, 0) is 32.9 Å². The van der Waals surface area contributed by atoms with Crippen molar-refractivity contribution in [3.05, 3.63) is 108 Å². The van der Waals surface area contributed by atoms with E-state index in [9.17, 15) is 9.35 Å². The molecule has 1 unspecified atom stereocenters. The lowest BCUT2D eigenvalue weighted by atomic mass is 10.0. The number of rotatable bonds is 12. The van der Waals surface area contributed by atoms with E-state index >= 15 is 0 Å². The Kier molecular flexibility index (Phi) is 11.1. The van der Waals surface area contributed by atoms with E-state index in [-0.39, 0.29) is 12.0 Å². The molecule has 0 spiro atoms. The van der Waals surface area contributed by atoms with Crippen LogP contribution in [0.1, 0.15) is 42.9 Å². The average Bonchev–Trinajstić information content (AvgIpc) is 3.06. The number of nitrogens with zero attached hydrogens (tertiary/aromatic N) is 1. The number of methoxy groups -OCH3 is 1. The zero-order valence-electron chi connectivity index (χ0n) is 25.2. The van der Waals surface area contributed by atoms with E-state index in [2.05, 4.69) is 17.2 Å². The van der Waals surface area contributed by atoms with Crippen LogP contribution in [0.15, 0.2) is 96.2 Å². The second kappa shape index (κ2) is 15.6. The molecule has 228 valence electrons. The van der Waals surface area contributed by atoms with Crippen LogP contribution in [-0.4, -0.2) is 41.9 Å². The predicted molar refractivity (Wildman–Crippen MR) is 175 cm³/mol. The van der Waals surface area contributed by atoms with Gasteiger partial charge in [0.2, 0.25) is 5.91 Å². The van der Waals surface area contributed by atoms with Gasteiger partial charge in [-0.15, -0.1) is 0 Å². The number of aryl methyl sites for hydroxylation is 1. The molecule has 1 fully saturated rings. The third kappa shape index (κ3) is 8.50. The van der Waals surface area contributed by atoms with Crippen molar-refractivity contribution in [2.75, 3.05) is 25.6 Å². The van der Waals surface area contributed by atoms with Gasteiger partial charge < -0.3 is 24.1 Å². The summed E-state index contributed by atoms with van der Waals surface area (Å²) in [5.41, 5.74) is 5.62. The highest BCUT2D eigenvalue weighted by atomic mass is 32.2. The molecule has 1 saturated heterocycles. The zero-order chi connectivity index (χ0) is 30.7. The Balaban J connectivity index is 1.20. The molecule has 2 atom stereocenters. The second-order valence-electron chi connectivity index (χ2n) is 10.7. The Morgan fingerprint density at radius 3 is 2.59 bits per heavy atom. The largest absolute Gasteiger partial charge is 0.611 e. The van der Waals surface area contributed by atoms with Crippen LogP contribution in [0.2, 0.25) is 0 Å². The molecule has 44 heavy (non-hydrogen) atoms. The van der Waals surface area contributed by atoms with Gasteiger partial charge in [0.1, 0.15) is 23.4 Å². The van der Waals surface area contributed by atoms with E-state index in [1.807, 2.05) is 48.5 Å². The SMILES string of the molecule is CCCc1ccncc1C[S@+]([O-])c1ccc(NC(=O)/C=C/c2cc(-c3ccc(OC4CCCOC4)cc3)ccc2OC)cc1. The fraction of sp³-hybridized carbons (Fsp3) is 0.278. The molecule has 1 aliphatic rings. The summed E-state index contributed by atoms with van der Waals surface area (Å²) in [5.74, 6) is 1.62. The minimum absolute atomic E-state index is 0.0941. The van der Waals surface area contributed by atoms with Gasteiger partial charge in [-0.2, -0.15) is 0 Å². The van der Waals surface area contributed by atoms with Crippen molar-refractivity contribution < 1.29 is 23.6 Å². The average molecular weight is 611 g/mol. The second-order valence-corrected chi connectivity index (χ2v) is 12.1. The fourth-order valence-electron chi connectivity index (χ4n) is 5.13. The highest BCUT2D eigenvalue weighted by molar-refractivity contribution is 7.90.